The second-order valence-corrected chi connectivity index (χ2v) is 13.6. The highest BCUT2D eigenvalue weighted by Gasteiger charge is 2.59. The van der Waals surface area contributed by atoms with Crippen molar-refractivity contribution in [2.45, 2.75) is 118 Å². The Morgan fingerprint density at radius 2 is 1.74 bits per heavy atom. The molecule has 0 spiro atoms. The van der Waals surface area contributed by atoms with E-state index in [1.165, 1.54) is 57.8 Å². The highest BCUT2D eigenvalue weighted by molar-refractivity contribution is 5.62. The minimum atomic E-state index is -0.833. The van der Waals surface area contributed by atoms with E-state index in [2.05, 4.69) is 40.7 Å². The lowest BCUT2D eigenvalue weighted by Gasteiger charge is -2.58. The molecule has 9 atom stereocenters. The van der Waals surface area contributed by atoms with Crippen LogP contribution in [0.5, 0.6) is 0 Å². The lowest BCUT2D eigenvalue weighted by atomic mass is 9.46. The number of hydrogen-bond acceptors (Lipinski definition) is 3. The molecule has 4 heteroatoms. The second kappa shape index (κ2) is 11.7. The summed E-state index contributed by atoms with van der Waals surface area (Å²) in [6.45, 7) is 13.5. The van der Waals surface area contributed by atoms with Gasteiger partial charge in [0.05, 0.1) is 12.7 Å². The molecule has 4 rings (SSSR count). The van der Waals surface area contributed by atoms with E-state index in [-0.39, 0.29) is 12.5 Å². The molecule has 4 nitrogen and oxygen atoms in total. The van der Waals surface area contributed by atoms with Crippen molar-refractivity contribution in [3.63, 3.8) is 0 Å². The molecule has 3 fully saturated rings. The van der Waals surface area contributed by atoms with E-state index in [1.54, 1.807) is 5.57 Å². The van der Waals surface area contributed by atoms with Crippen LogP contribution in [-0.2, 0) is 4.79 Å². The van der Waals surface area contributed by atoms with Gasteiger partial charge in [-0.15, -0.1) is 0 Å². The molecule has 0 aliphatic heterocycles. The maximum Gasteiger partial charge on any atom is 0.300 e. The molecule has 0 bridgehead atoms. The first-order chi connectivity index (χ1) is 16.4. The van der Waals surface area contributed by atoms with Gasteiger partial charge in [-0.3, -0.25) is 4.79 Å². The van der Waals surface area contributed by atoms with Crippen LogP contribution in [0.15, 0.2) is 11.6 Å². The standard InChI is InChI=1S/C29H50O2.C2H4O2/c1-19(2)7-6-8-20(3)24-11-12-25-23-10-9-22-17-21(27(31)18-30)13-15-28(22,4)26(23)14-16-29(24,25)5;1-2(3)4/h9,19-21,23-27,30-31H,6-8,10-18H2,1-5H3;1H3,(H,3,4)/t20-,21?,23?,24-,25?,26?,27?,28+,29-;/m1./s1. The summed E-state index contributed by atoms with van der Waals surface area (Å²) >= 11 is 0. The number of aliphatic carboxylic acids is 1. The smallest absolute Gasteiger partial charge is 0.300 e. The third-order valence-electron chi connectivity index (χ3n) is 11.1. The summed E-state index contributed by atoms with van der Waals surface area (Å²) in [4.78, 5) is 9.00. The van der Waals surface area contributed by atoms with Crippen molar-refractivity contribution in [1.29, 1.82) is 0 Å². The molecular formula is C31H54O4. The van der Waals surface area contributed by atoms with Crippen molar-refractivity contribution >= 4 is 5.97 Å². The number of fused-ring (bicyclic) bond motifs is 5. The van der Waals surface area contributed by atoms with E-state index in [1.807, 2.05) is 0 Å². The molecule has 0 aromatic rings. The van der Waals surface area contributed by atoms with Crippen molar-refractivity contribution in [2.24, 2.45) is 52.3 Å². The number of carboxylic acids is 1. The van der Waals surface area contributed by atoms with E-state index >= 15 is 0 Å². The van der Waals surface area contributed by atoms with Gasteiger partial charge in [-0.25, -0.2) is 0 Å². The van der Waals surface area contributed by atoms with Crippen molar-refractivity contribution in [3.05, 3.63) is 11.6 Å². The van der Waals surface area contributed by atoms with Gasteiger partial charge in [-0.05, 0) is 104 Å². The first-order valence-corrected chi connectivity index (χ1v) is 14.6. The Bertz CT molecular complexity index is 740. The fourth-order valence-electron chi connectivity index (χ4n) is 9.19. The summed E-state index contributed by atoms with van der Waals surface area (Å²) < 4.78 is 0. The Labute approximate surface area is 215 Å². The Kier molecular flexibility index (Phi) is 9.57. The Morgan fingerprint density at radius 3 is 2.37 bits per heavy atom. The minimum absolute atomic E-state index is 0.0854. The fraction of sp³-hybridized carbons (Fsp3) is 0.903. The van der Waals surface area contributed by atoms with E-state index in [9.17, 15) is 10.2 Å². The van der Waals surface area contributed by atoms with Crippen LogP contribution < -0.4 is 0 Å². The Hall–Kier alpha value is -0.870. The minimum Gasteiger partial charge on any atom is -0.481 e. The predicted molar refractivity (Wildman–Crippen MR) is 143 cm³/mol. The summed E-state index contributed by atoms with van der Waals surface area (Å²) in [7, 11) is 0. The van der Waals surface area contributed by atoms with Crippen LogP contribution in [0.3, 0.4) is 0 Å². The zero-order valence-corrected chi connectivity index (χ0v) is 23.4. The van der Waals surface area contributed by atoms with Gasteiger partial charge in [0.2, 0.25) is 0 Å². The molecule has 0 amide bonds. The maximum absolute atomic E-state index is 10.2. The monoisotopic (exact) mass is 490 g/mol. The largest absolute Gasteiger partial charge is 0.481 e. The van der Waals surface area contributed by atoms with Gasteiger partial charge in [0, 0.05) is 6.92 Å². The fourth-order valence-corrected chi connectivity index (χ4v) is 9.19. The van der Waals surface area contributed by atoms with E-state index < -0.39 is 12.1 Å². The number of rotatable bonds is 7. The topological polar surface area (TPSA) is 77.8 Å². The van der Waals surface area contributed by atoms with Crippen LogP contribution in [0.1, 0.15) is 112 Å². The number of allylic oxidation sites excluding steroid dienone is 2. The predicted octanol–water partition coefficient (Wildman–Crippen LogP) is 7.09. The van der Waals surface area contributed by atoms with Crippen LogP contribution in [0.4, 0.5) is 0 Å². The SMILES string of the molecule is CC(=O)O.CC(C)CCC[C@@H](C)[C@H]1CCC2C3CC=C4CC(C(O)CO)CC[C@]4(C)C3CC[C@@]21C. The number of aliphatic hydroxyl groups is 2. The quantitative estimate of drug-likeness (QED) is 0.333. The van der Waals surface area contributed by atoms with Gasteiger partial charge in [0.1, 0.15) is 0 Å². The molecule has 35 heavy (non-hydrogen) atoms. The molecular weight excluding hydrogens is 436 g/mol. The molecule has 202 valence electrons. The zero-order chi connectivity index (χ0) is 26.0. The van der Waals surface area contributed by atoms with Gasteiger partial charge < -0.3 is 15.3 Å². The number of aliphatic hydroxyl groups excluding tert-OH is 2. The molecule has 0 aromatic carbocycles. The number of hydrogen-bond donors (Lipinski definition) is 3. The number of carbonyl (C=O) groups is 1. The average Bonchev–Trinajstić information content (AvgIpc) is 3.14. The third-order valence-corrected chi connectivity index (χ3v) is 11.1. The van der Waals surface area contributed by atoms with Gasteiger partial charge in [0.15, 0.2) is 0 Å². The molecule has 3 saturated carbocycles. The van der Waals surface area contributed by atoms with E-state index in [4.69, 9.17) is 9.90 Å². The average molecular weight is 491 g/mol. The van der Waals surface area contributed by atoms with Gasteiger partial charge in [-0.1, -0.05) is 65.5 Å². The van der Waals surface area contributed by atoms with Crippen molar-refractivity contribution in [2.75, 3.05) is 6.61 Å². The van der Waals surface area contributed by atoms with Crippen molar-refractivity contribution < 1.29 is 20.1 Å². The van der Waals surface area contributed by atoms with Gasteiger partial charge in [0.25, 0.3) is 5.97 Å². The van der Waals surface area contributed by atoms with Crippen LogP contribution in [-0.4, -0.2) is 34.0 Å². The molecule has 0 heterocycles. The lowest BCUT2D eigenvalue weighted by Crippen LogP contribution is -2.51. The van der Waals surface area contributed by atoms with Crippen LogP contribution in [0.25, 0.3) is 0 Å². The Morgan fingerprint density at radius 1 is 1.06 bits per heavy atom. The van der Waals surface area contributed by atoms with Gasteiger partial charge >= 0.3 is 0 Å². The summed E-state index contributed by atoms with van der Waals surface area (Å²) in [6.07, 6.45) is 16.6. The molecule has 0 radical (unpaired) electrons. The molecule has 0 saturated heterocycles. The van der Waals surface area contributed by atoms with Crippen molar-refractivity contribution in [3.8, 4) is 0 Å². The summed E-state index contributed by atoms with van der Waals surface area (Å²) in [5.41, 5.74) is 2.53. The normalized spacial score (nSPS) is 39.9. The highest BCUT2D eigenvalue weighted by Crippen LogP contribution is 2.67. The third kappa shape index (κ3) is 6.00. The first kappa shape index (κ1) is 28.7. The first-order valence-electron chi connectivity index (χ1n) is 14.6. The molecule has 4 aliphatic rings. The van der Waals surface area contributed by atoms with Crippen LogP contribution >= 0.6 is 0 Å². The summed E-state index contributed by atoms with van der Waals surface area (Å²) in [5.74, 6) is 4.71. The second-order valence-electron chi connectivity index (χ2n) is 13.6. The van der Waals surface area contributed by atoms with Crippen LogP contribution in [0, 0.1) is 52.3 Å². The van der Waals surface area contributed by atoms with Gasteiger partial charge in [-0.2, -0.15) is 0 Å². The highest BCUT2D eigenvalue weighted by atomic mass is 16.4. The number of carboxylic acid groups (broad SMARTS) is 1. The Balaban J connectivity index is 0.000000795. The molecule has 4 aliphatic carbocycles. The summed E-state index contributed by atoms with van der Waals surface area (Å²) in [5, 5.41) is 27.1. The van der Waals surface area contributed by atoms with E-state index in [0.717, 1.165) is 55.3 Å². The lowest BCUT2D eigenvalue weighted by molar-refractivity contribution is -0.134. The van der Waals surface area contributed by atoms with E-state index in [0.29, 0.717) is 10.8 Å². The molecule has 5 unspecified atom stereocenters. The van der Waals surface area contributed by atoms with Crippen molar-refractivity contribution in [1.82, 2.24) is 0 Å². The zero-order valence-electron chi connectivity index (χ0n) is 23.4. The molecule has 0 aromatic heterocycles. The summed E-state index contributed by atoms with van der Waals surface area (Å²) in [6, 6.07) is 0. The molecule has 3 N–H and O–H groups in total. The maximum atomic E-state index is 10.2. The van der Waals surface area contributed by atoms with Crippen LogP contribution in [0.2, 0.25) is 0 Å².